The average Bonchev–Trinajstić information content (AvgIpc) is 2.28. The van der Waals surface area contributed by atoms with Crippen molar-refractivity contribution in [3.63, 3.8) is 0 Å². The first kappa shape index (κ1) is 13.3. The number of halogens is 1. The monoisotopic (exact) mass is 257 g/mol. The number of carboxylic acids is 1. The van der Waals surface area contributed by atoms with Crippen molar-refractivity contribution in [1.82, 2.24) is 4.90 Å². The molecule has 0 fully saturated rings. The van der Waals surface area contributed by atoms with Crippen LogP contribution in [0.3, 0.4) is 0 Å². The minimum atomic E-state index is -0.980. The van der Waals surface area contributed by atoms with E-state index in [4.69, 9.17) is 16.7 Å². The smallest absolute Gasteiger partial charge is 0.305 e. The molecule has 17 heavy (non-hydrogen) atoms. The Labute approximate surface area is 103 Å². The lowest BCUT2D eigenvalue weighted by Gasteiger charge is -2.16. The molecule has 92 valence electrons. The normalized spacial score (nSPS) is 10.0. The van der Waals surface area contributed by atoms with Gasteiger partial charge in [0.05, 0.1) is 17.0 Å². The van der Waals surface area contributed by atoms with Gasteiger partial charge in [0.1, 0.15) is 5.75 Å². The zero-order chi connectivity index (χ0) is 13.0. The van der Waals surface area contributed by atoms with Crippen molar-refractivity contribution in [1.29, 1.82) is 0 Å². The molecule has 0 aliphatic rings. The summed E-state index contributed by atoms with van der Waals surface area (Å²) in [6.07, 6.45) is -0.140. The molecule has 0 saturated carbocycles. The number of benzene rings is 1. The Morgan fingerprint density at radius 3 is 2.65 bits per heavy atom. The summed E-state index contributed by atoms with van der Waals surface area (Å²) in [5.74, 6) is -1.47. The number of carbonyl (C=O) groups is 2. The predicted molar refractivity (Wildman–Crippen MR) is 62.3 cm³/mol. The topological polar surface area (TPSA) is 77.8 Å². The first-order valence-electron chi connectivity index (χ1n) is 4.87. The minimum absolute atomic E-state index is 0.0654. The molecule has 6 heteroatoms. The highest BCUT2D eigenvalue weighted by Crippen LogP contribution is 2.22. The fraction of sp³-hybridized carbons (Fsp3) is 0.273. The minimum Gasteiger partial charge on any atom is -0.508 e. The highest BCUT2D eigenvalue weighted by Gasteiger charge is 2.16. The number of nitrogens with zero attached hydrogens (tertiary/aromatic N) is 1. The number of rotatable bonds is 4. The van der Waals surface area contributed by atoms with Gasteiger partial charge in [-0.1, -0.05) is 11.6 Å². The van der Waals surface area contributed by atoms with Crippen LogP contribution in [-0.2, 0) is 4.79 Å². The van der Waals surface area contributed by atoms with Crippen LogP contribution in [0.4, 0.5) is 0 Å². The summed E-state index contributed by atoms with van der Waals surface area (Å²) in [5.41, 5.74) is 0.152. The van der Waals surface area contributed by atoms with Crippen molar-refractivity contribution in [3.8, 4) is 5.75 Å². The number of phenols is 1. The van der Waals surface area contributed by atoms with Crippen molar-refractivity contribution in [2.24, 2.45) is 0 Å². The molecule has 5 nitrogen and oxygen atoms in total. The maximum atomic E-state index is 11.9. The second kappa shape index (κ2) is 5.54. The molecule has 1 amide bonds. The standard InChI is InChI=1S/C11H12ClNO4/c1-13(5-4-10(15)16)11(17)8-6-7(14)2-3-9(8)12/h2-3,6,14H,4-5H2,1H3,(H,15,16). The zero-order valence-corrected chi connectivity index (χ0v) is 9.94. The van der Waals surface area contributed by atoms with E-state index in [-0.39, 0.29) is 29.3 Å². The van der Waals surface area contributed by atoms with Gasteiger partial charge in [-0.2, -0.15) is 0 Å². The lowest BCUT2D eigenvalue weighted by atomic mass is 10.2. The molecule has 1 aromatic rings. The van der Waals surface area contributed by atoms with Crippen LogP contribution < -0.4 is 0 Å². The third-order valence-corrected chi connectivity index (χ3v) is 2.52. The highest BCUT2D eigenvalue weighted by molar-refractivity contribution is 6.33. The second-order valence-electron chi connectivity index (χ2n) is 3.53. The van der Waals surface area contributed by atoms with E-state index in [1.54, 1.807) is 0 Å². The molecule has 0 bridgehead atoms. The molecule has 0 aliphatic carbocycles. The van der Waals surface area contributed by atoms with Gasteiger partial charge in [-0.05, 0) is 18.2 Å². The van der Waals surface area contributed by atoms with Gasteiger partial charge in [-0.15, -0.1) is 0 Å². The summed E-state index contributed by atoms with van der Waals surface area (Å²) >= 11 is 5.82. The molecule has 1 rings (SSSR count). The fourth-order valence-electron chi connectivity index (χ4n) is 1.25. The van der Waals surface area contributed by atoms with E-state index in [9.17, 15) is 14.7 Å². The number of aliphatic carboxylic acids is 1. The van der Waals surface area contributed by atoms with Crippen LogP contribution in [-0.4, -0.2) is 40.6 Å². The van der Waals surface area contributed by atoms with Crippen LogP contribution in [0.5, 0.6) is 5.75 Å². The SMILES string of the molecule is CN(CCC(=O)O)C(=O)c1cc(O)ccc1Cl. The number of hydrogen-bond acceptors (Lipinski definition) is 3. The molecule has 0 aliphatic heterocycles. The van der Waals surface area contributed by atoms with Gasteiger partial charge in [0.15, 0.2) is 0 Å². The van der Waals surface area contributed by atoms with E-state index in [2.05, 4.69) is 0 Å². The van der Waals surface area contributed by atoms with E-state index in [1.165, 1.54) is 30.1 Å². The molecule has 0 unspecified atom stereocenters. The summed E-state index contributed by atoms with van der Waals surface area (Å²) < 4.78 is 0. The van der Waals surface area contributed by atoms with Crippen molar-refractivity contribution >= 4 is 23.5 Å². The van der Waals surface area contributed by atoms with E-state index >= 15 is 0 Å². The maximum absolute atomic E-state index is 11.9. The number of hydrogen-bond donors (Lipinski definition) is 2. The number of amides is 1. The summed E-state index contributed by atoms with van der Waals surface area (Å²) in [4.78, 5) is 23.5. The molecular weight excluding hydrogens is 246 g/mol. The third kappa shape index (κ3) is 3.64. The second-order valence-corrected chi connectivity index (χ2v) is 3.94. The van der Waals surface area contributed by atoms with Crippen molar-refractivity contribution < 1.29 is 19.8 Å². The molecule has 0 atom stereocenters. The molecule has 0 radical (unpaired) electrons. The number of carbonyl (C=O) groups excluding carboxylic acids is 1. The Hall–Kier alpha value is -1.75. The van der Waals surface area contributed by atoms with Gasteiger partial charge in [0, 0.05) is 13.6 Å². The molecule has 0 saturated heterocycles. The fourth-order valence-corrected chi connectivity index (χ4v) is 1.45. The summed E-state index contributed by atoms with van der Waals surface area (Å²) in [6, 6.07) is 4.04. The zero-order valence-electron chi connectivity index (χ0n) is 9.18. The number of carboxylic acid groups (broad SMARTS) is 1. The lowest BCUT2D eigenvalue weighted by molar-refractivity contribution is -0.137. The Morgan fingerprint density at radius 1 is 1.41 bits per heavy atom. The molecular formula is C11H12ClNO4. The number of aromatic hydroxyl groups is 1. The van der Waals surface area contributed by atoms with Crippen molar-refractivity contribution in [2.75, 3.05) is 13.6 Å². The highest BCUT2D eigenvalue weighted by atomic mass is 35.5. The van der Waals surface area contributed by atoms with E-state index in [0.29, 0.717) is 0 Å². The summed E-state index contributed by atoms with van der Waals surface area (Å²) in [7, 11) is 1.48. The van der Waals surface area contributed by atoms with E-state index < -0.39 is 11.9 Å². The van der Waals surface area contributed by atoms with Crippen molar-refractivity contribution in [3.05, 3.63) is 28.8 Å². The average molecular weight is 258 g/mol. The van der Waals surface area contributed by atoms with Gasteiger partial charge in [0.2, 0.25) is 0 Å². The predicted octanol–water partition coefficient (Wildman–Crippen LogP) is 1.59. The first-order valence-corrected chi connectivity index (χ1v) is 5.25. The van der Waals surface area contributed by atoms with Gasteiger partial charge >= 0.3 is 5.97 Å². The Kier molecular flexibility index (Phi) is 4.34. The largest absolute Gasteiger partial charge is 0.508 e. The van der Waals surface area contributed by atoms with E-state index in [0.717, 1.165) is 0 Å². The van der Waals surface area contributed by atoms with Crippen LogP contribution in [0, 0.1) is 0 Å². The Balaban J connectivity index is 2.81. The van der Waals surface area contributed by atoms with Gasteiger partial charge in [0.25, 0.3) is 5.91 Å². The summed E-state index contributed by atoms with van der Waals surface area (Å²) in [6.45, 7) is 0.0835. The van der Waals surface area contributed by atoms with Crippen LogP contribution in [0.15, 0.2) is 18.2 Å². The van der Waals surface area contributed by atoms with Gasteiger partial charge < -0.3 is 15.1 Å². The summed E-state index contributed by atoms with van der Waals surface area (Å²) in [5, 5.41) is 18.0. The Bertz CT molecular complexity index is 447. The molecule has 0 aromatic heterocycles. The van der Waals surface area contributed by atoms with Crippen LogP contribution in [0.1, 0.15) is 16.8 Å². The number of phenolic OH excluding ortho intramolecular Hbond substituents is 1. The lowest BCUT2D eigenvalue weighted by Crippen LogP contribution is -2.29. The molecule has 0 spiro atoms. The van der Waals surface area contributed by atoms with Crippen LogP contribution in [0.25, 0.3) is 0 Å². The molecule has 2 N–H and O–H groups in total. The van der Waals surface area contributed by atoms with Crippen LogP contribution in [0.2, 0.25) is 5.02 Å². The first-order chi connectivity index (χ1) is 7.91. The maximum Gasteiger partial charge on any atom is 0.305 e. The third-order valence-electron chi connectivity index (χ3n) is 2.19. The quantitative estimate of drug-likeness (QED) is 0.859. The van der Waals surface area contributed by atoms with E-state index in [1.807, 2.05) is 0 Å². The Morgan fingerprint density at radius 2 is 2.06 bits per heavy atom. The molecule has 0 heterocycles. The van der Waals surface area contributed by atoms with Crippen molar-refractivity contribution in [2.45, 2.75) is 6.42 Å². The van der Waals surface area contributed by atoms with Gasteiger partial charge in [-0.25, -0.2) is 0 Å². The van der Waals surface area contributed by atoms with Gasteiger partial charge in [-0.3, -0.25) is 9.59 Å². The van der Waals surface area contributed by atoms with Crippen LogP contribution >= 0.6 is 11.6 Å². The molecule has 1 aromatic carbocycles.